The minimum absolute atomic E-state index is 0.0397. The minimum atomic E-state index is -0.460. The van der Waals surface area contributed by atoms with E-state index in [9.17, 15) is 9.59 Å². The van der Waals surface area contributed by atoms with Gasteiger partial charge in [0.2, 0.25) is 0 Å². The third kappa shape index (κ3) is 4.88. The maximum Gasteiger partial charge on any atom is 0.343 e. The second-order valence-corrected chi connectivity index (χ2v) is 9.33. The Morgan fingerprint density at radius 3 is 2.67 bits per heavy atom. The van der Waals surface area contributed by atoms with Gasteiger partial charge >= 0.3 is 5.97 Å². The molecule has 1 saturated carbocycles. The Labute approximate surface area is 210 Å². The number of carbonyl (C=O) groups is 1. The molecule has 0 unspecified atom stereocenters. The molecule has 1 aliphatic carbocycles. The first-order chi connectivity index (χ1) is 17.6. The van der Waals surface area contributed by atoms with Crippen LogP contribution in [0.25, 0.3) is 5.69 Å². The van der Waals surface area contributed by atoms with Gasteiger partial charge in [-0.2, -0.15) is 5.10 Å². The standard InChI is InChI=1S/C27H32N4O5/c1-34-23-10-6-5-9-21(23)31-18-19(16-28-31)17-29-12-11-22-26(27(33)35-2)24(36-20-7-3-4-8-20)15-25(32)30(22)14-13-29/h5-6,9-10,15-16,18,20H,3-4,7-8,11-14,17H2,1-2H3. The summed E-state index contributed by atoms with van der Waals surface area (Å²) in [6, 6.07) is 9.21. The van der Waals surface area contributed by atoms with Gasteiger partial charge < -0.3 is 18.8 Å². The number of esters is 1. The van der Waals surface area contributed by atoms with Gasteiger partial charge in [0.1, 0.15) is 22.7 Å². The zero-order valence-electron chi connectivity index (χ0n) is 20.8. The van der Waals surface area contributed by atoms with E-state index < -0.39 is 5.97 Å². The molecule has 1 aromatic carbocycles. The third-order valence-corrected chi connectivity index (χ3v) is 7.05. The zero-order chi connectivity index (χ0) is 25.1. The second kappa shape index (κ2) is 10.6. The van der Waals surface area contributed by atoms with Gasteiger partial charge in [0.25, 0.3) is 5.56 Å². The van der Waals surface area contributed by atoms with Crippen LogP contribution in [0.2, 0.25) is 0 Å². The Bertz CT molecular complexity index is 1290. The van der Waals surface area contributed by atoms with Crippen LogP contribution in [-0.4, -0.2) is 58.6 Å². The number of nitrogens with zero attached hydrogens (tertiary/aromatic N) is 4. The van der Waals surface area contributed by atoms with Gasteiger partial charge in [-0.05, 0) is 37.8 Å². The highest BCUT2D eigenvalue weighted by Gasteiger charge is 2.28. The molecule has 36 heavy (non-hydrogen) atoms. The molecule has 3 heterocycles. The number of methoxy groups -OCH3 is 2. The van der Waals surface area contributed by atoms with Crippen molar-refractivity contribution in [1.82, 2.24) is 19.2 Å². The van der Waals surface area contributed by atoms with Gasteiger partial charge in [0.05, 0.1) is 26.5 Å². The van der Waals surface area contributed by atoms with Crippen LogP contribution in [0.5, 0.6) is 11.5 Å². The first-order valence-corrected chi connectivity index (χ1v) is 12.5. The summed E-state index contributed by atoms with van der Waals surface area (Å²) < 4.78 is 20.2. The zero-order valence-corrected chi connectivity index (χ0v) is 20.8. The summed E-state index contributed by atoms with van der Waals surface area (Å²) in [7, 11) is 3.01. The summed E-state index contributed by atoms with van der Waals surface area (Å²) in [5.74, 6) is 0.650. The predicted octanol–water partition coefficient (Wildman–Crippen LogP) is 3.21. The number of ether oxygens (including phenoxy) is 3. The topological polar surface area (TPSA) is 87.8 Å². The highest BCUT2D eigenvalue weighted by atomic mass is 16.5. The number of aromatic nitrogens is 3. The van der Waals surface area contributed by atoms with Crippen molar-refractivity contribution in [2.24, 2.45) is 0 Å². The monoisotopic (exact) mass is 492 g/mol. The van der Waals surface area contributed by atoms with E-state index in [1.807, 2.05) is 41.3 Å². The fourth-order valence-electron chi connectivity index (χ4n) is 5.20. The number of hydrogen-bond donors (Lipinski definition) is 0. The average molecular weight is 493 g/mol. The maximum atomic E-state index is 13.0. The lowest BCUT2D eigenvalue weighted by atomic mass is 10.1. The highest BCUT2D eigenvalue weighted by molar-refractivity contribution is 5.93. The van der Waals surface area contributed by atoms with Gasteiger partial charge in [-0.25, -0.2) is 9.48 Å². The quantitative estimate of drug-likeness (QED) is 0.468. The van der Waals surface area contributed by atoms with E-state index in [0.29, 0.717) is 49.6 Å². The summed E-state index contributed by atoms with van der Waals surface area (Å²) in [4.78, 5) is 28.1. The van der Waals surface area contributed by atoms with Crippen molar-refractivity contribution in [3.63, 3.8) is 0 Å². The number of pyridine rings is 1. The van der Waals surface area contributed by atoms with Crippen LogP contribution in [0.3, 0.4) is 0 Å². The minimum Gasteiger partial charge on any atom is -0.494 e. The number of rotatable bonds is 7. The van der Waals surface area contributed by atoms with Crippen LogP contribution < -0.4 is 15.0 Å². The molecule has 190 valence electrons. The average Bonchev–Trinajstić information content (AvgIpc) is 3.53. The number of benzene rings is 1. The number of para-hydroxylation sites is 2. The van der Waals surface area contributed by atoms with Crippen LogP contribution in [0, 0.1) is 0 Å². The van der Waals surface area contributed by atoms with Crippen LogP contribution in [0.1, 0.15) is 47.3 Å². The molecule has 5 rings (SSSR count). The molecule has 0 atom stereocenters. The Kier molecular flexibility index (Phi) is 7.09. The molecule has 3 aromatic rings. The van der Waals surface area contributed by atoms with E-state index in [1.165, 1.54) is 13.2 Å². The van der Waals surface area contributed by atoms with Crippen molar-refractivity contribution >= 4 is 5.97 Å². The third-order valence-electron chi connectivity index (χ3n) is 7.05. The molecule has 2 aliphatic rings. The van der Waals surface area contributed by atoms with Crippen molar-refractivity contribution in [1.29, 1.82) is 0 Å². The van der Waals surface area contributed by atoms with Crippen LogP contribution in [0.15, 0.2) is 47.5 Å². The first-order valence-electron chi connectivity index (χ1n) is 12.5. The molecular formula is C27H32N4O5. The molecule has 1 fully saturated rings. The Hall–Kier alpha value is -3.59. The summed E-state index contributed by atoms with van der Waals surface area (Å²) in [6.45, 7) is 2.53. The summed E-state index contributed by atoms with van der Waals surface area (Å²) in [5.41, 5.74) is 2.86. The van der Waals surface area contributed by atoms with Gasteiger partial charge in [-0.1, -0.05) is 12.1 Å². The maximum absolute atomic E-state index is 13.0. The molecule has 9 nitrogen and oxygen atoms in total. The van der Waals surface area contributed by atoms with Gasteiger partial charge in [-0.3, -0.25) is 9.69 Å². The van der Waals surface area contributed by atoms with E-state index >= 15 is 0 Å². The van der Waals surface area contributed by atoms with E-state index in [2.05, 4.69) is 10.00 Å². The lowest BCUT2D eigenvalue weighted by molar-refractivity contribution is 0.0590. The predicted molar refractivity (Wildman–Crippen MR) is 134 cm³/mol. The number of hydrogen-bond acceptors (Lipinski definition) is 7. The van der Waals surface area contributed by atoms with E-state index in [-0.39, 0.29) is 11.7 Å². The molecule has 0 N–H and O–H groups in total. The largest absolute Gasteiger partial charge is 0.494 e. The van der Waals surface area contributed by atoms with Crippen LogP contribution in [0.4, 0.5) is 0 Å². The molecule has 0 radical (unpaired) electrons. The molecule has 9 heteroatoms. The smallest absolute Gasteiger partial charge is 0.343 e. The second-order valence-electron chi connectivity index (χ2n) is 9.33. The molecule has 2 aromatic heterocycles. The van der Waals surface area contributed by atoms with E-state index in [4.69, 9.17) is 14.2 Å². The van der Waals surface area contributed by atoms with Gasteiger partial charge in [-0.15, -0.1) is 0 Å². The van der Waals surface area contributed by atoms with Crippen molar-refractivity contribution in [3.05, 3.63) is 69.9 Å². The summed E-state index contributed by atoms with van der Waals surface area (Å²) in [5, 5.41) is 4.52. The Morgan fingerprint density at radius 1 is 1.08 bits per heavy atom. The van der Waals surface area contributed by atoms with Crippen LogP contribution in [-0.2, 0) is 24.2 Å². The molecule has 0 spiro atoms. The van der Waals surface area contributed by atoms with Gasteiger partial charge in [0.15, 0.2) is 0 Å². The van der Waals surface area contributed by atoms with Crippen molar-refractivity contribution in [3.8, 4) is 17.2 Å². The van der Waals surface area contributed by atoms with Crippen molar-refractivity contribution in [2.45, 2.75) is 51.3 Å². The molecular weight excluding hydrogens is 460 g/mol. The first kappa shape index (κ1) is 24.1. The van der Waals surface area contributed by atoms with Crippen molar-refractivity contribution < 1.29 is 19.0 Å². The van der Waals surface area contributed by atoms with Gasteiger partial charge in [0, 0.05) is 56.1 Å². The SMILES string of the molecule is COC(=O)c1c(OC2CCCC2)cc(=O)n2c1CCN(Cc1cnn(-c3ccccc3OC)c1)CC2. The Balaban J connectivity index is 1.36. The van der Waals surface area contributed by atoms with Crippen molar-refractivity contribution in [2.75, 3.05) is 27.3 Å². The Morgan fingerprint density at radius 2 is 1.89 bits per heavy atom. The van der Waals surface area contributed by atoms with Crippen LogP contribution >= 0.6 is 0 Å². The molecule has 0 bridgehead atoms. The number of fused-ring (bicyclic) bond motifs is 1. The molecule has 0 saturated heterocycles. The highest BCUT2D eigenvalue weighted by Crippen LogP contribution is 2.29. The fraction of sp³-hybridized carbons (Fsp3) is 0.444. The fourth-order valence-corrected chi connectivity index (χ4v) is 5.20. The lowest BCUT2D eigenvalue weighted by Gasteiger charge is -2.20. The lowest BCUT2D eigenvalue weighted by Crippen LogP contribution is -2.29. The normalized spacial score (nSPS) is 16.4. The van der Waals surface area contributed by atoms with E-state index in [1.54, 1.807) is 11.7 Å². The summed E-state index contributed by atoms with van der Waals surface area (Å²) in [6.07, 6.45) is 8.51. The summed E-state index contributed by atoms with van der Waals surface area (Å²) >= 11 is 0. The number of carbonyl (C=O) groups excluding carboxylic acids is 1. The molecule has 0 amide bonds. The molecule has 1 aliphatic heterocycles. The van der Waals surface area contributed by atoms with E-state index in [0.717, 1.165) is 42.7 Å².